The largest absolute Gasteiger partial charge is 0.481 e. The van der Waals surface area contributed by atoms with Crippen molar-refractivity contribution in [1.29, 1.82) is 0 Å². The molecule has 2 aromatic heterocycles. The van der Waals surface area contributed by atoms with Crippen LogP contribution in [0.25, 0.3) is 0 Å². The van der Waals surface area contributed by atoms with Gasteiger partial charge in [0.1, 0.15) is 12.0 Å². The fourth-order valence-corrected chi connectivity index (χ4v) is 2.37. The molecule has 2 N–H and O–H groups in total. The minimum absolute atomic E-state index is 0.119. The number of aliphatic carboxylic acids is 1. The molecule has 0 saturated heterocycles. The van der Waals surface area contributed by atoms with E-state index in [4.69, 9.17) is 9.52 Å². The van der Waals surface area contributed by atoms with E-state index in [1.165, 1.54) is 17.6 Å². The Hall–Kier alpha value is -2.15. The summed E-state index contributed by atoms with van der Waals surface area (Å²) in [6, 6.07) is 1.65. The molecule has 1 amide bonds. The zero-order valence-corrected chi connectivity index (χ0v) is 11.7. The van der Waals surface area contributed by atoms with Gasteiger partial charge in [-0.3, -0.25) is 14.9 Å². The van der Waals surface area contributed by atoms with Gasteiger partial charge in [-0.15, -0.1) is 11.3 Å². The maximum absolute atomic E-state index is 11.9. The van der Waals surface area contributed by atoms with Crippen LogP contribution in [0, 0.1) is 6.92 Å². The molecule has 0 aliphatic rings. The molecule has 20 heavy (non-hydrogen) atoms. The van der Waals surface area contributed by atoms with Crippen molar-refractivity contribution in [3.8, 4) is 0 Å². The zero-order chi connectivity index (χ0) is 14.5. The average molecular weight is 294 g/mol. The van der Waals surface area contributed by atoms with E-state index in [1.807, 2.05) is 5.38 Å². The molecule has 2 aromatic rings. The third-order valence-corrected chi connectivity index (χ3v) is 3.40. The number of amides is 1. The molecular formula is C13H14N2O4S. The van der Waals surface area contributed by atoms with Gasteiger partial charge in [-0.1, -0.05) is 0 Å². The molecule has 2 heterocycles. The van der Waals surface area contributed by atoms with Gasteiger partial charge in [0.15, 0.2) is 5.13 Å². The minimum atomic E-state index is -0.816. The van der Waals surface area contributed by atoms with E-state index in [9.17, 15) is 9.59 Å². The van der Waals surface area contributed by atoms with Gasteiger partial charge in [0.25, 0.3) is 5.91 Å². The van der Waals surface area contributed by atoms with E-state index in [-0.39, 0.29) is 12.3 Å². The Morgan fingerprint density at radius 2 is 2.30 bits per heavy atom. The van der Waals surface area contributed by atoms with Crippen LogP contribution in [0.15, 0.2) is 22.1 Å². The number of nitrogens with zero attached hydrogens (tertiary/aromatic N) is 1. The number of carbonyl (C=O) groups excluding carboxylic acids is 1. The topological polar surface area (TPSA) is 92.4 Å². The Morgan fingerprint density at radius 1 is 1.50 bits per heavy atom. The second-order valence-corrected chi connectivity index (χ2v) is 5.15. The predicted octanol–water partition coefficient (Wildman–Crippen LogP) is 2.70. The molecule has 0 bridgehead atoms. The van der Waals surface area contributed by atoms with Crippen molar-refractivity contribution >= 4 is 28.3 Å². The summed E-state index contributed by atoms with van der Waals surface area (Å²) in [4.78, 5) is 26.5. The number of hydrogen-bond donors (Lipinski definition) is 2. The number of aryl methyl sites for hydroxylation is 2. The Labute approximate surface area is 119 Å². The van der Waals surface area contributed by atoms with Gasteiger partial charge in [-0.25, -0.2) is 4.98 Å². The smallest absolute Gasteiger partial charge is 0.303 e. The van der Waals surface area contributed by atoms with E-state index in [0.717, 1.165) is 5.69 Å². The highest BCUT2D eigenvalue weighted by Gasteiger charge is 2.11. The summed E-state index contributed by atoms with van der Waals surface area (Å²) in [6.07, 6.45) is 2.64. The van der Waals surface area contributed by atoms with Gasteiger partial charge >= 0.3 is 5.97 Å². The summed E-state index contributed by atoms with van der Waals surface area (Å²) in [5, 5.41) is 13.6. The van der Waals surface area contributed by atoms with E-state index in [0.29, 0.717) is 29.3 Å². The molecule has 0 unspecified atom stereocenters. The first-order valence-electron chi connectivity index (χ1n) is 6.07. The van der Waals surface area contributed by atoms with Crippen molar-refractivity contribution < 1.29 is 19.1 Å². The summed E-state index contributed by atoms with van der Waals surface area (Å²) < 4.78 is 5.07. The van der Waals surface area contributed by atoms with Crippen molar-refractivity contribution in [1.82, 2.24) is 4.98 Å². The molecule has 0 atom stereocenters. The summed E-state index contributed by atoms with van der Waals surface area (Å²) in [5.74, 6) is -0.416. The Kier molecular flexibility index (Phi) is 4.52. The van der Waals surface area contributed by atoms with Gasteiger partial charge in [0.2, 0.25) is 0 Å². The molecule has 0 aliphatic heterocycles. The number of carboxylic acid groups (broad SMARTS) is 1. The van der Waals surface area contributed by atoms with E-state index in [2.05, 4.69) is 10.3 Å². The van der Waals surface area contributed by atoms with E-state index in [1.54, 1.807) is 13.0 Å². The lowest BCUT2D eigenvalue weighted by Crippen LogP contribution is -2.10. The average Bonchev–Trinajstić information content (AvgIpc) is 2.98. The minimum Gasteiger partial charge on any atom is -0.481 e. The molecule has 106 valence electrons. The number of carboxylic acids is 1. The van der Waals surface area contributed by atoms with Gasteiger partial charge in [0.05, 0.1) is 11.3 Å². The molecule has 6 nitrogen and oxygen atoms in total. The molecule has 0 saturated carbocycles. The summed E-state index contributed by atoms with van der Waals surface area (Å²) in [7, 11) is 0. The van der Waals surface area contributed by atoms with Gasteiger partial charge < -0.3 is 9.52 Å². The summed E-state index contributed by atoms with van der Waals surface area (Å²) in [5.41, 5.74) is 1.24. The van der Waals surface area contributed by atoms with Crippen LogP contribution >= 0.6 is 11.3 Å². The van der Waals surface area contributed by atoms with Crippen LogP contribution < -0.4 is 5.32 Å². The highest BCUT2D eigenvalue weighted by atomic mass is 32.1. The third-order valence-electron chi connectivity index (χ3n) is 2.59. The Bertz CT molecular complexity index is 617. The summed E-state index contributed by atoms with van der Waals surface area (Å²) in [6.45, 7) is 1.76. The number of carbonyl (C=O) groups is 2. The molecule has 0 fully saturated rings. The fraction of sp³-hybridized carbons (Fsp3) is 0.308. The first-order chi connectivity index (χ1) is 9.54. The van der Waals surface area contributed by atoms with Crippen molar-refractivity contribution in [2.24, 2.45) is 0 Å². The lowest BCUT2D eigenvalue weighted by molar-refractivity contribution is -0.137. The van der Waals surface area contributed by atoms with Crippen LogP contribution in [-0.4, -0.2) is 22.0 Å². The van der Waals surface area contributed by atoms with Gasteiger partial charge in [0, 0.05) is 11.8 Å². The maximum Gasteiger partial charge on any atom is 0.303 e. The Morgan fingerprint density at radius 3 is 2.95 bits per heavy atom. The molecular weight excluding hydrogens is 280 g/mol. The van der Waals surface area contributed by atoms with Crippen LogP contribution in [-0.2, 0) is 11.2 Å². The van der Waals surface area contributed by atoms with Crippen molar-refractivity contribution in [3.05, 3.63) is 34.7 Å². The normalized spacial score (nSPS) is 10.4. The van der Waals surface area contributed by atoms with Crippen molar-refractivity contribution in [2.75, 3.05) is 5.32 Å². The zero-order valence-electron chi connectivity index (χ0n) is 10.9. The number of furan rings is 1. The van der Waals surface area contributed by atoms with Crippen molar-refractivity contribution in [3.63, 3.8) is 0 Å². The quantitative estimate of drug-likeness (QED) is 0.854. The van der Waals surface area contributed by atoms with Crippen LogP contribution in [0.1, 0.15) is 34.7 Å². The number of anilines is 1. The Balaban J connectivity index is 1.89. The lowest BCUT2D eigenvalue weighted by atomic mass is 10.2. The monoisotopic (exact) mass is 294 g/mol. The highest BCUT2D eigenvalue weighted by Crippen LogP contribution is 2.18. The highest BCUT2D eigenvalue weighted by molar-refractivity contribution is 7.13. The second kappa shape index (κ2) is 6.33. The standard InChI is InChI=1S/C13H14N2O4S/c1-8-5-9(6-19-8)12(18)15-13-14-10(7-20-13)3-2-4-11(16)17/h5-7H,2-4H2,1H3,(H,16,17)(H,14,15,18). The van der Waals surface area contributed by atoms with Crippen LogP contribution in [0.3, 0.4) is 0 Å². The fourth-order valence-electron chi connectivity index (χ4n) is 1.63. The first kappa shape index (κ1) is 14.3. The number of hydrogen-bond acceptors (Lipinski definition) is 5. The number of rotatable bonds is 6. The van der Waals surface area contributed by atoms with Gasteiger partial charge in [-0.05, 0) is 25.8 Å². The van der Waals surface area contributed by atoms with E-state index < -0.39 is 5.97 Å². The van der Waals surface area contributed by atoms with Crippen molar-refractivity contribution in [2.45, 2.75) is 26.2 Å². The second-order valence-electron chi connectivity index (χ2n) is 4.29. The molecule has 7 heteroatoms. The SMILES string of the molecule is Cc1cc(C(=O)Nc2nc(CCCC(=O)O)cs2)co1. The maximum atomic E-state index is 11.9. The van der Waals surface area contributed by atoms with E-state index >= 15 is 0 Å². The van der Waals surface area contributed by atoms with Crippen LogP contribution in [0.5, 0.6) is 0 Å². The molecule has 0 radical (unpaired) electrons. The molecule has 2 rings (SSSR count). The predicted molar refractivity (Wildman–Crippen MR) is 74.1 cm³/mol. The third kappa shape index (κ3) is 3.92. The number of thiazole rings is 1. The first-order valence-corrected chi connectivity index (χ1v) is 6.95. The molecule has 0 aliphatic carbocycles. The van der Waals surface area contributed by atoms with Gasteiger partial charge in [-0.2, -0.15) is 0 Å². The lowest BCUT2D eigenvalue weighted by Gasteiger charge is -1.97. The molecule has 0 spiro atoms. The van der Waals surface area contributed by atoms with Crippen LogP contribution in [0.4, 0.5) is 5.13 Å². The van der Waals surface area contributed by atoms with Crippen LogP contribution in [0.2, 0.25) is 0 Å². The number of aromatic nitrogens is 1. The molecule has 0 aromatic carbocycles. The number of nitrogens with one attached hydrogen (secondary N) is 1. The summed E-state index contributed by atoms with van der Waals surface area (Å²) >= 11 is 1.32.